The van der Waals surface area contributed by atoms with Crippen LogP contribution < -0.4 is 10.2 Å². The fourth-order valence-electron chi connectivity index (χ4n) is 2.70. The average Bonchev–Trinajstić information content (AvgIpc) is 3.23. The van der Waals surface area contributed by atoms with Crippen molar-refractivity contribution in [1.82, 2.24) is 5.43 Å². The fourth-order valence-corrected chi connectivity index (χ4v) is 2.70. The molecule has 5 N–H and O–H groups in total. The lowest BCUT2D eigenvalue weighted by molar-refractivity contribution is -0.402. The predicted molar refractivity (Wildman–Crippen MR) is 102 cm³/mol. The van der Waals surface area contributed by atoms with Crippen molar-refractivity contribution in [2.24, 2.45) is 5.10 Å². The number of aliphatic hydroxyl groups is 3. The van der Waals surface area contributed by atoms with E-state index in [-0.39, 0.29) is 17.1 Å². The number of nitro groups is 1. The monoisotopic (exact) mass is 451 g/mol. The molecular formula is C18H17N3O11. The van der Waals surface area contributed by atoms with Crippen molar-refractivity contribution in [3.63, 3.8) is 0 Å². The molecular weight excluding hydrogens is 434 g/mol. The molecule has 1 aliphatic heterocycles. The molecule has 0 aliphatic carbocycles. The number of carbonyl (C=O) groups excluding carboxylic acids is 1. The Balaban J connectivity index is 1.59. The average molecular weight is 451 g/mol. The van der Waals surface area contributed by atoms with E-state index >= 15 is 0 Å². The number of nitrogens with zero attached hydrogens (tertiary/aromatic N) is 2. The molecule has 2 aromatic rings. The smallest absolute Gasteiger partial charge is 0.433 e. The van der Waals surface area contributed by atoms with E-state index in [1.54, 1.807) is 0 Å². The SMILES string of the molecule is O=C(N/N=C/c1ccc([N+](=O)[O-])o1)c1ccc(OC2OC(C(=O)O)C(O)C(O)C2O)cc1. The lowest BCUT2D eigenvalue weighted by atomic mass is 9.99. The van der Waals surface area contributed by atoms with Crippen molar-refractivity contribution in [2.45, 2.75) is 30.7 Å². The topological polar surface area (TPSA) is 214 Å². The summed E-state index contributed by atoms with van der Waals surface area (Å²) in [6, 6.07) is 7.72. The Morgan fingerprint density at radius 3 is 2.38 bits per heavy atom. The van der Waals surface area contributed by atoms with Crippen LogP contribution >= 0.6 is 0 Å². The number of amides is 1. The molecule has 2 heterocycles. The Bertz CT molecular complexity index is 1020. The third-order valence-electron chi connectivity index (χ3n) is 4.33. The van der Waals surface area contributed by atoms with Gasteiger partial charge in [0.05, 0.1) is 12.3 Å². The van der Waals surface area contributed by atoms with Crippen molar-refractivity contribution in [3.05, 3.63) is 57.8 Å². The van der Waals surface area contributed by atoms with Gasteiger partial charge in [-0.2, -0.15) is 5.10 Å². The standard InChI is InChI=1S/C18H17N3O11/c22-12-13(23)15(17(26)27)32-18(14(12)24)31-9-3-1-8(2-4-9)16(25)20-19-7-10-5-6-11(30-10)21(28)29/h1-7,12-15,18,22-24H,(H,20,25)(H,26,27)/b19-7+. The number of carboxylic acids is 1. The van der Waals surface area contributed by atoms with E-state index in [4.69, 9.17) is 19.0 Å². The number of ether oxygens (including phenoxy) is 2. The maximum atomic E-state index is 12.1. The molecule has 1 amide bonds. The highest BCUT2D eigenvalue weighted by Gasteiger charge is 2.48. The third kappa shape index (κ3) is 5.06. The van der Waals surface area contributed by atoms with Crippen LogP contribution in [0.25, 0.3) is 0 Å². The minimum absolute atomic E-state index is 0.0544. The molecule has 1 fully saturated rings. The van der Waals surface area contributed by atoms with Gasteiger partial charge in [-0.15, -0.1) is 0 Å². The van der Waals surface area contributed by atoms with Crippen molar-refractivity contribution < 1.29 is 48.8 Å². The van der Waals surface area contributed by atoms with Gasteiger partial charge < -0.3 is 34.3 Å². The summed E-state index contributed by atoms with van der Waals surface area (Å²) in [4.78, 5) is 33.0. The number of aliphatic hydroxyl groups excluding tert-OH is 3. The number of carboxylic acid groups (broad SMARTS) is 1. The molecule has 14 nitrogen and oxygen atoms in total. The number of benzene rings is 1. The number of hydrazone groups is 1. The lowest BCUT2D eigenvalue weighted by Crippen LogP contribution is -2.61. The minimum atomic E-state index is -1.85. The Morgan fingerprint density at radius 1 is 1.09 bits per heavy atom. The lowest BCUT2D eigenvalue weighted by Gasteiger charge is -2.38. The zero-order valence-electron chi connectivity index (χ0n) is 16.0. The highest BCUT2D eigenvalue weighted by atomic mass is 16.7. The Labute approximate surface area is 178 Å². The summed E-state index contributed by atoms with van der Waals surface area (Å²) >= 11 is 0. The van der Waals surface area contributed by atoms with Gasteiger partial charge in [-0.3, -0.25) is 14.9 Å². The first-order valence-electron chi connectivity index (χ1n) is 8.94. The molecule has 0 bridgehead atoms. The van der Waals surface area contributed by atoms with Crippen molar-refractivity contribution in [2.75, 3.05) is 0 Å². The van der Waals surface area contributed by atoms with E-state index < -0.39 is 53.4 Å². The van der Waals surface area contributed by atoms with E-state index in [9.17, 15) is 35.0 Å². The second-order valence-corrected chi connectivity index (χ2v) is 6.51. The number of rotatable bonds is 7. The molecule has 170 valence electrons. The Kier molecular flexibility index (Phi) is 6.79. The van der Waals surface area contributed by atoms with Crippen LogP contribution in [0.1, 0.15) is 16.1 Å². The second kappa shape index (κ2) is 9.52. The van der Waals surface area contributed by atoms with E-state index in [2.05, 4.69) is 10.5 Å². The van der Waals surface area contributed by atoms with Crippen LogP contribution in [0.15, 0.2) is 45.9 Å². The van der Waals surface area contributed by atoms with Gasteiger partial charge in [0, 0.05) is 5.56 Å². The Morgan fingerprint density at radius 2 is 1.78 bits per heavy atom. The van der Waals surface area contributed by atoms with Crippen LogP contribution in [0.4, 0.5) is 5.88 Å². The number of aliphatic carboxylic acids is 1. The van der Waals surface area contributed by atoms with Gasteiger partial charge in [-0.25, -0.2) is 10.2 Å². The van der Waals surface area contributed by atoms with Gasteiger partial charge in [-0.05, 0) is 30.3 Å². The number of hydrogen-bond donors (Lipinski definition) is 5. The first-order chi connectivity index (χ1) is 15.2. The van der Waals surface area contributed by atoms with Crippen LogP contribution in [0, 0.1) is 10.1 Å². The molecule has 0 radical (unpaired) electrons. The molecule has 32 heavy (non-hydrogen) atoms. The van der Waals surface area contributed by atoms with Crippen LogP contribution in [0.2, 0.25) is 0 Å². The van der Waals surface area contributed by atoms with Crippen LogP contribution in [0.3, 0.4) is 0 Å². The minimum Gasteiger partial charge on any atom is -0.479 e. The first kappa shape index (κ1) is 22.8. The summed E-state index contributed by atoms with van der Waals surface area (Å²) < 4.78 is 15.2. The molecule has 0 spiro atoms. The number of carbonyl (C=O) groups is 2. The first-order valence-corrected chi connectivity index (χ1v) is 8.94. The van der Waals surface area contributed by atoms with Gasteiger partial charge >= 0.3 is 11.9 Å². The molecule has 5 unspecified atom stereocenters. The van der Waals surface area contributed by atoms with E-state index in [0.29, 0.717) is 0 Å². The van der Waals surface area contributed by atoms with Crippen LogP contribution in [0.5, 0.6) is 5.75 Å². The quantitative estimate of drug-likeness (QED) is 0.200. The highest BCUT2D eigenvalue weighted by molar-refractivity contribution is 5.94. The predicted octanol–water partition coefficient (Wildman–Crippen LogP) is -0.777. The van der Waals surface area contributed by atoms with Crippen molar-refractivity contribution in [3.8, 4) is 5.75 Å². The Hall–Kier alpha value is -3.85. The summed E-state index contributed by atoms with van der Waals surface area (Å²) in [5.41, 5.74) is 2.33. The van der Waals surface area contributed by atoms with Gasteiger partial charge in [0.1, 0.15) is 29.0 Å². The summed E-state index contributed by atoms with van der Waals surface area (Å²) in [6.45, 7) is 0. The number of furan rings is 1. The summed E-state index contributed by atoms with van der Waals surface area (Å²) in [6.07, 6.45) is -7.71. The largest absolute Gasteiger partial charge is 0.479 e. The highest BCUT2D eigenvalue weighted by Crippen LogP contribution is 2.25. The van der Waals surface area contributed by atoms with Gasteiger partial charge in [0.15, 0.2) is 11.9 Å². The maximum Gasteiger partial charge on any atom is 0.433 e. The molecule has 0 saturated carbocycles. The number of nitrogens with one attached hydrogen (secondary N) is 1. The summed E-state index contributed by atoms with van der Waals surface area (Å²) in [5, 5.41) is 52.6. The molecule has 1 aromatic heterocycles. The maximum absolute atomic E-state index is 12.1. The third-order valence-corrected chi connectivity index (χ3v) is 4.33. The van der Waals surface area contributed by atoms with E-state index in [1.165, 1.54) is 30.3 Å². The van der Waals surface area contributed by atoms with Gasteiger partial charge in [-0.1, -0.05) is 0 Å². The zero-order chi connectivity index (χ0) is 23.4. The summed E-state index contributed by atoms with van der Waals surface area (Å²) in [7, 11) is 0. The van der Waals surface area contributed by atoms with E-state index in [0.717, 1.165) is 12.3 Å². The molecule has 5 atom stereocenters. The molecule has 1 aromatic carbocycles. The number of hydrogen-bond acceptors (Lipinski definition) is 11. The van der Waals surface area contributed by atoms with Gasteiger partial charge in [0.2, 0.25) is 6.29 Å². The zero-order valence-corrected chi connectivity index (χ0v) is 16.0. The fraction of sp³-hybridized carbons (Fsp3) is 0.278. The van der Waals surface area contributed by atoms with E-state index in [1.807, 2.05) is 0 Å². The summed E-state index contributed by atoms with van der Waals surface area (Å²) in [5.74, 6) is -2.53. The molecule has 1 saturated heterocycles. The van der Waals surface area contributed by atoms with Crippen molar-refractivity contribution >= 4 is 24.0 Å². The molecule has 14 heteroatoms. The second-order valence-electron chi connectivity index (χ2n) is 6.51. The van der Waals surface area contributed by atoms with Crippen LogP contribution in [-0.2, 0) is 9.53 Å². The van der Waals surface area contributed by atoms with Gasteiger partial charge in [0.25, 0.3) is 5.91 Å². The van der Waals surface area contributed by atoms with Crippen molar-refractivity contribution in [1.29, 1.82) is 0 Å². The molecule has 1 aliphatic rings. The van der Waals surface area contributed by atoms with Crippen LogP contribution in [-0.4, -0.2) is 74.1 Å². The normalized spacial score (nSPS) is 25.4. The molecule has 3 rings (SSSR count).